The number of carbonyl (C=O) groups is 2. The largest absolute Gasteiger partial charge is 0.481 e. The number of amides is 2. The van der Waals surface area contributed by atoms with Crippen LogP contribution in [0, 0.1) is 5.92 Å². The highest BCUT2D eigenvalue weighted by Gasteiger charge is 2.15. The monoisotopic (exact) mass is 334 g/mol. The molecule has 5 nitrogen and oxygen atoms in total. The molecule has 0 saturated heterocycles. The van der Waals surface area contributed by atoms with E-state index in [0.717, 1.165) is 9.35 Å². The molecule has 1 heterocycles. The van der Waals surface area contributed by atoms with Crippen LogP contribution in [0.2, 0.25) is 0 Å². The van der Waals surface area contributed by atoms with Crippen molar-refractivity contribution in [3.05, 3.63) is 20.8 Å². The van der Waals surface area contributed by atoms with Crippen molar-refractivity contribution in [3.63, 3.8) is 0 Å². The van der Waals surface area contributed by atoms with Crippen LogP contribution in [0.4, 0.5) is 4.79 Å². The van der Waals surface area contributed by atoms with Crippen LogP contribution in [0.1, 0.15) is 18.2 Å². The number of carbonyl (C=O) groups excluding carboxylic acids is 1. The van der Waals surface area contributed by atoms with E-state index >= 15 is 0 Å². The van der Waals surface area contributed by atoms with Gasteiger partial charge in [-0.05, 0) is 28.4 Å². The van der Waals surface area contributed by atoms with Crippen molar-refractivity contribution in [2.75, 3.05) is 6.54 Å². The first-order chi connectivity index (χ1) is 8.52. The minimum Gasteiger partial charge on any atom is -0.481 e. The van der Waals surface area contributed by atoms with Crippen molar-refractivity contribution in [3.8, 4) is 0 Å². The van der Waals surface area contributed by atoms with Gasteiger partial charge in [0, 0.05) is 21.3 Å². The first kappa shape index (κ1) is 15.0. The Bertz CT molecular complexity index is 422. The van der Waals surface area contributed by atoms with Gasteiger partial charge in [0.15, 0.2) is 0 Å². The topological polar surface area (TPSA) is 78.4 Å². The average molecular weight is 335 g/mol. The zero-order valence-corrected chi connectivity index (χ0v) is 12.3. The number of hydrogen-bond acceptors (Lipinski definition) is 3. The number of urea groups is 1. The van der Waals surface area contributed by atoms with Gasteiger partial charge in [-0.2, -0.15) is 0 Å². The predicted molar refractivity (Wildman–Crippen MR) is 73.7 cm³/mol. The van der Waals surface area contributed by atoms with Gasteiger partial charge in [-0.15, -0.1) is 11.3 Å². The second-order valence-electron chi connectivity index (χ2n) is 3.74. The molecular weight excluding hydrogens is 320 g/mol. The maximum atomic E-state index is 11.4. The number of halogens is 1. The lowest BCUT2D eigenvalue weighted by Crippen LogP contribution is -2.39. The standard InChI is InChI=1S/C11H15BrN2O3S/c1-2-7(10(15)16)4-13-11(17)14-5-9-3-8(12)6-18-9/h3,6-7H,2,4-5H2,1H3,(H,15,16)(H2,13,14,17). The van der Waals surface area contributed by atoms with E-state index in [9.17, 15) is 9.59 Å². The Morgan fingerprint density at radius 3 is 2.72 bits per heavy atom. The van der Waals surface area contributed by atoms with Gasteiger partial charge < -0.3 is 15.7 Å². The Kier molecular flexibility index (Phi) is 6.14. The number of nitrogens with one attached hydrogen (secondary N) is 2. The lowest BCUT2D eigenvalue weighted by molar-refractivity contribution is -0.141. The lowest BCUT2D eigenvalue weighted by Gasteiger charge is -2.11. The van der Waals surface area contributed by atoms with Crippen molar-refractivity contribution < 1.29 is 14.7 Å². The summed E-state index contributed by atoms with van der Waals surface area (Å²) in [6.07, 6.45) is 0.494. The van der Waals surface area contributed by atoms with Gasteiger partial charge in [0.1, 0.15) is 0 Å². The molecule has 1 rings (SSSR count). The summed E-state index contributed by atoms with van der Waals surface area (Å²) in [5.74, 6) is -1.42. The van der Waals surface area contributed by atoms with Crippen molar-refractivity contribution in [2.24, 2.45) is 5.92 Å². The number of rotatable bonds is 6. The zero-order chi connectivity index (χ0) is 13.5. The van der Waals surface area contributed by atoms with Crippen molar-refractivity contribution in [1.82, 2.24) is 10.6 Å². The summed E-state index contributed by atoms with van der Waals surface area (Å²) < 4.78 is 0.988. The quantitative estimate of drug-likeness (QED) is 0.747. The van der Waals surface area contributed by atoms with Crippen LogP contribution in [0.25, 0.3) is 0 Å². The molecule has 7 heteroatoms. The van der Waals surface area contributed by atoms with E-state index in [1.165, 1.54) is 0 Å². The van der Waals surface area contributed by atoms with Gasteiger partial charge in [-0.1, -0.05) is 6.92 Å². The van der Waals surface area contributed by atoms with E-state index in [0.29, 0.717) is 13.0 Å². The molecule has 18 heavy (non-hydrogen) atoms. The molecule has 1 aromatic heterocycles. The Balaban J connectivity index is 2.27. The van der Waals surface area contributed by atoms with Gasteiger partial charge in [0.25, 0.3) is 0 Å². The lowest BCUT2D eigenvalue weighted by atomic mass is 10.1. The molecule has 0 spiro atoms. The molecule has 0 aliphatic carbocycles. The minimum atomic E-state index is -0.889. The summed E-state index contributed by atoms with van der Waals surface area (Å²) >= 11 is 4.87. The third-order valence-corrected chi connectivity index (χ3v) is 4.09. The molecular formula is C11H15BrN2O3S. The highest BCUT2D eigenvalue weighted by molar-refractivity contribution is 9.10. The molecule has 0 aliphatic heterocycles. The second-order valence-corrected chi connectivity index (χ2v) is 5.65. The fourth-order valence-corrected chi connectivity index (χ4v) is 2.69. The molecule has 0 saturated carbocycles. The molecule has 3 N–H and O–H groups in total. The summed E-state index contributed by atoms with van der Waals surface area (Å²) in [5, 5.41) is 16.0. The van der Waals surface area contributed by atoms with Crippen LogP contribution in [0.3, 0.4) is 0 Å². The fourth-order valence-electron chi connectivity index (χ4n) is 1.30. The molecule has 2 amide bonds. The molecule has 1 unspecified atom stereocenters. The van der Waals surface area contributed by atoms with Crippen LogP contribution in [-0.2, 0) is 11.3 Å². The Morgan fingerprint density at radius 2 is 2.22 bits per heavy atom. The molecule has 0 aromatic carbocycles. The third-order valence-electron chi connectivity index (χ3n) is 2.40. The van der Waals surface area contributed by atoms with E-state index in [1.807, 2.05) is 11.4 Å². The first-order valence-electron chi connectivity index (χ1n) is 5.50. The van der Waals surface area contributed by atoms with Crippen molar-refractivity contribution in [2.45, 2.75) is 19.9 Å². The molecule has 1 aromatic rings. The van der Waals surface area contributed by atoms with Crippen molar-refractivity contribution >= 4 is 39.3 Å². The molecule has 0 bridgehead atoms. The number of carboxylic acid groups (broad SMARTS) is 1. The third kappa shape index (κ3) is 5.05. The maximum absolute atomic E-state index is 11.4. The number of carboxylic acids is 1. The molecule has 1 atom stereocenters. The van der Waals surface area contributed by atoms with Crippen LogP contribution in [0.5, 0.6) is 0 Å². The van der Waals surface area contributed by atoms with Gasteiger partial charge in [0.2, 0.25) is 0 Å². The van der Waals surface area contributed by atoms with E-state index in [4.69, 9.17) is 5.11 Å². The predicted octanol–water partition coefficient (Wildman–Crippen LogP) is 2.42. The smallest absolute Gasteiger partial charge is 0.315 e. The SMILES string of the molecule is CCC(CNC(=O)NCc1cc(Br)cs1)C(=O)O. The van der Waals surface area contributed by atoms with Gasteiger partial charge in [-0.25, -0.2) is 4.79 Å². The van der Waals surface area contributed by atoms with Crippen molar-refractivity contribution in [1.29, 1.82) is 0 Å². The average Bonchev–Trinajstić information content (AvgIpc) is 2.73. The van der Waals surface area contributed by atoms with Gasteiger partial charge in [-0.3, -0.25) is 4.79 Å². The summed E-state index contributed by atoms with van der Waals surface area (Å²) in [4.78, 5) is 23.2. The molecule has 100 valence electrons. The molecule has 0 radical (unpaired) electrons. The summed E-state index contributed by atoms with van der Waals surface area (Å²) in [6, 6.07) is 1.58. The fraction of sp³-hybridized carbons (Fsp3) is 0.455. The van der Waals surface area contributed by atoms with Crippen LogP contribution < -0.4 is 10.6 Å². The van der Waals surface area contributed by atoms with Crippen LogP contribution in [0.15, 0.2) is 15.9 Å². The number of aliphatic carboxylic acids is 1. The highest BCUT2D eigenvalue weighted by atomic mass is 79.9. The Morgan fingerprint density at radius 1 is 1.50 bits per heavy atom. The zero-order valence-electron chi connectivity index (χ0n) is 9.90. The summed E-state index contributed by atoms with van der Waals surface area (Å²) in [7, 11) is 0. The van der Waals surface area contributed by atoms with E-state index in [2.05, 4.69) is 26.6 Å². The highest BCUT2D eigenvalue weighted by Crippen LogP contribution is 2.19. The Labute approximate surface area is 118 Å². The maximum Gasteiger partial charge on any atom is 0.315 e. The summed E-state index contributed by atoms with van der Waals surface area (Å²) in [5.41, 5.74) is 0. The molecule has 0 fully saturated rings. The second kappa shape index (κ2) is 7.38. The van der Waals surface area contributed by atoms with E-state index in [-0.39, 0.29) is 12.6 Å². The van der Waals surface area contributed by atoms with Gasteiger partial charge >= 0.3 is 12.0 Å². The van der Waals surface area contributed by atoms with Crippen LogP contribution >= 0.6 is 27.3 Å². The minimum absolute atomic E-state index is 0.145. The van der Waals surface area contributed by atoms with E-state index in [1.54, 1.807) is 18.3 Å². The number of thiophene rings is 1. The summed E-state index contributed by atoms with van der Waals surface area (Å²) in [6.45, 7) is 2.36. The van der Waals surface area contributed by atoms with Gasteiger partial charge in [0.05, 0.1) is 12.5 Å². The number of hydrogen-bond donors (Lipinski definition) is 3. The first-order valence-corrected chi connectivity index (χ1v) is 7.17. The molecule has 0 aliphatic rings. The normalized spacial score (nSPS) is 11.9. The van der Waals surface area contributed by atoms with E-state index < -0.39 is 11.9 Å². The Hall–Kier alpha value is -1.08. The van der Waals surface area contributed by atoms with Crippen LogP contribution in [-0.4, -0.2) is 23.7 Å².